The largest absolute Gasteiger partial charge is 0.415 e. The molecule has 8 nitrogen and oxygen atoms in total. The molecule has 2 aromatic heterocycles. The number of anilines is 1. The number of hydrogen-bond donors (Lipinski definition) is 2. The first kappa shape index (κ1) is 18.2. The number of aliphatic hydroxyl groups excluding tert-OH is 1. The third kappa shape index (κ3) is 4.00. The molecule has 1 aliphatic heterocycles. The minimum atomic E-state index is -1.71. The number of unbranched alkanes of at least 4 members (excludes halogenated alkanes) is 1. The Hall–Kier alpha value is -1.55. The molecular weight excluding hydrogens is 338 g/mol. The summed E-state index contributed by atoms with van der Waals surface area (Å²) in [6, 6.07) is 1.12. The Kier molecular flexibility index (Phi) is 5.37. The van der Waals surface area contributed by atoms with E-state index in [1.807, 2.05) is 0 Å². The van der Waals surface area contributed by atoms with Gasteiger partial charge < -0.3 is 20.0 Å². The molecule has 138 valence electrons. The Morgan fingerprint density at radius 1 is 1.40 bits per heavy atom. The van der Waals surface area contributed by atoms with E-state index in [4.69, 9.17) is 14.9 Å². The molecule has 0 aromatic carbocycles. The van der Waals surface area contributed by atoms with Gasteiger partial charge in [-0.3, -0.25) is 4.57 Å². The van der Waals surface area contributed by atoms with Crippen molar-refractivity contribution in [1.29, 1.82) is 0 Å². The van der Waals surface area contributed by atoms with Gasteiger partial charge in [0.05, 0.1) is 19.0 Å². The maximum atomic E-state index is 10.4. The van der Waals surface area contributed by atoms with Gasteiger partial charge in [-0.2, -0.15) is 0 Å². The van der Waals surface area contributed by atoms with Crippen LogP contribution in [0, 0.1) is 0 Å². The number of nitrogens with two attached hydrogens (primary N) is 1. The molecule has 25 heavy (non-hydrogen) atoms. The molecule has 1 saturated heterocycles. The van der Waals surface area contributed by atoms with Crippen LogP contribution < -0.4 is 5.73 Å². The molecule has 0 unspecified atom stereocenters. The average molecular weight is 366 g/mol. The van der Waals surface area contributed by atoms with E-state index in [9.17, 15) is 5.11 Å². The molecular formula is C16H27N5O3Si. The Balaban J connectivity index is 1.66. The summed E-state index contributed by atoms with van der Waals surface area (Å²) >= 11 is 0. The highest BCUT2D eigenvalue weighted by Gasteiger charge is 2.37. The van der Waals surface area contributed by atoms with Crippen LogP contribution in [-0.4, -0.2) is 51.8 Å². The van der Waals surface area contributed by atoms with E-state index in [0.717, 1.165) is 6.04 Å². The van der Waals surface area contributed by atoms with Gasteiger partial charge in [-0.05, 0) is 19.1 Å². The Bertz CT molecular complexity index is 723. The summed E-state index contributed by atoms with van der Waals surface area (Å²) in [6.07, 6.45) is 4.62. The van der Waals surface area contributed by atoms with Gasteiger partial charge in [-0.1, -0.05) is 19.8 Å². The van der Waals surface area contributed by atoms with Crippen molar-refractivity contribution >= 4 is 25.3 Å². The molecule has 3 N–H and O–H groups in total. The van der Waals surface area contributed by atoms with Crippen molar-refractivity contribution in [1.82, 2.24) is 19.5 Å². The Morgan fingerprint density at radius 2 is 2.20 bits per heavy atom. The molecule has 1 fully saturated rings. The van der Waals surface area contributed by atoms with Crippen molar-refractivity contribution in [2.75, 3.05) is 12.3 Å². The third-order valence-corrected chi connectivity index (χ3v) is 7.18. The number of hydrogen-bond acceptors (Lipinski definition) is 7. The zero-order chi connectivity index (χ0) is 18.0. The molecule has 3 rings (SSSR count). The fourth-order valence-electron chi connectivity index (χ4n) is 3.10. The molecule has 1 aliphatic rings. The van der Waals surface area contributed by atoms with Gasteiger partial charge in [0.1, 0.15) is 24.2 Å². The van der Waals surface area contributed by atoms with Crippen molar-refractivity contribution in [2.45, 2.75) is 63.8 Å². The first-order valence-electron chi connectivity index (χ1n) is 8.82. The molecule has 0 amide bonds. The Labute approximate surface area is 148 Å². The van der Waals surface area contributed by atoms with Crippen molar-refractivity contribution in [3.05, 3.63) is 12.7 Å². The molecule has 9 heteroatoms. The second kappa shape index (κ2) is 7.36. The van der Waals surface area contributed by atoms with E-state index in [1.54, 1.807) is 10.9 Å². The third-order valence-electron chi connectivity index (χ3n) is 4.67. The number of fused-ring (bicyclic) bond motifs is 1. The second-order valence-corrected chi connectivity index (χ2v) is 11.5. The first-order chi connectivity index (χ1) is 11.9. The molecule has 0 bridgehead atoms. The van der Waals surface area contributed by atoms with E-state index in [-0.39, 0.29) is 12.3 Å². The molecule has 0 spiro atoms. The maximum absolute atomic E-state index is 10.4. The van der Waals surface area contributed by atoms with Gasteiger partial charge in [-0.15, -0.1) is 0 Å². The highest BCUT2D eigenvalue weighted by molar-refractivity contribution is 6.71. The monoisotopic (exact) mass is 365 g/mol. The van der Waals surface area contributed by atoms with Crippen molar-refractivity contribution in [3.63, 3.8) is 0 Å². The average Bonchev–Trinajstić information content (AvgIpc) is 3.15. The van der Waals surface area contributed by atoms with Gasteiger partial charge in [0.15, 0.2) is 19.8 Å². The van der Waals surface area contributed by atoms with Crippen LogP contribution in [0.2, 0.25) is 19.1 Å². The summed E-state index contributed by atoms with van der Waals surface area (Å²) in [5.41, 5.74) is 6.99. The fourth-order valence-corrected chi connectivity index (χ4v) is 5.06. The molecule has 3 atom stereocenters. The second-order valence-electron chi connectivity index (χ2n) is 7.19. The summed E-state index contributed by atoms with van der Waals surface area (Å²) in [4.78, 5) is 12.4. The predicted octanol–water partition coefficient (Wildman–Crippen LogP) is 2.08. The van der Waals surface area contributed by atoms with Crippen molar-refractivity contribution in [3.8, 4) is 0 Å². The number of nitrogen functional groups attached to an aromatic ring is 1. The summed E-state index contributed by atoms with van der Waals surface area (Å²) in [6.45, 7) is 7.03. The summed E-state index contributed by atoms with van der Waals surface area (Å²) in [5, 5.41) is 10.4. The van der Waals surface area contributed by atoms with Gasteiger partial charge >= 0.3 is 0 Å². The molecule has 2 aromatic rings. The topological polar surface area (TPSA) is 108 Å². The Morgan fingerprint density at radius 3 is 2.96 bits per heavy atom. The van der Waals surface area contributed by atoms with E-state index in [2.05, 4.69) is 35.0 Å². The standard InChI is InChI=1S/C16H27N5O3Si/c1-4-5-6-25(2,3)23-8-12-11(22)7-13(24-12)21-10-20-14-15(17)18-9-19-16(14)21/h9-13,22H,4-8H2,1-3H3,(H2,17,18,19)/t11-,12+,13+/m0/s1. The SMILES string of the molecule is CCCC[Si](C)(C)OC[C@H]1O[C@@H](n2cnc3c(N)ncnc32)C[C@@H]1O. The number of nitrogens with zero attached hydrogens (tertiary/aromatic N) is 4. The van der Waals surface area contributed by atoms with E-state index in [1.165, 1.54) is 19.2 Å². The van der Waals surface area contributed by atoms with Crippen LogP contribution in [0.3, 0.4) is 0 Å². The normalized spacial score (nSPS) is 24.2. The minimum Gasteiger partial charge on any atom is -0.415 e. The number of ether oxygens (including phenoxy) is 1. The number of aliphatic hydroxyl groups is 1. The van der Waals surface area contributed by atoms with Crippen LogP contribution in [-0.2, 0) is 9.16 Å². The summed E-state index contributed by atoms with van der Waals surface area (Å²) in [5.74, 6) is 0.339. The molecule has 0 saturated carbocycles. The van der Waals surface area contributed by atoms with Crippen LogP contribution in [0.25, 0.3) is 11.2 Å². The smallest absolute Gasteiger partial charge is 0.186 e. The van der Waals surface area contributed by atoms with Crippen LogP contribution in [0.15, 0.2) is 12.7 Å². The number of rotatable bonds is 7. The lowest BCUT2D eigenvalue weighted by molar-refractivity contribution is -0.0398. The lowest BCUT2D eigenvalue weighted by Crippen LogP contribution is -2.36. The van der Waals surface area contributed by atoms with Crippen molar-refractivity contribution in [2.24, 2.45) is 0 Å². The van der Waals surface area contributed by atoms with Crippen LogP contribution in [0.4, 0.5) is 5.82 Å². The summed E-state index contributed by atoms with van der Waals surface area (Å²) < 4.78 is 14.0. The predicted molar refractivity (Wildman–Crippen MR) is 97.4 cm³/mol. The van der Waals surface area contributed by atoms with Gasteiger partial charge in [-0.25, -0.2) is 15.0 Å². The van der Waals surface area contributed by atoms with Crippen LogP contribution in [0.5, 0.6) is 0 Å². The minimum absolute atomic E-state index is 0.330. The lowest BCUT2D eigenvalue weighted by Gasteiger charge is -2.25. The highest BCUT2D eigenvalue weighted by atomic mass is 28.4. The van der Waals surface area contributed by atoms with Gasteiger partial charge in [0, 0.05) is 6.42 Å². The first-order valence-corrected chi connectivity index (χ1v) is 11.9. The van der Waals surface area contributed by atoms with Gasteiger partial charge in [0.2, 0.25) is 0 Å². The molecule has 0 aliphatic carbocycles. The van der Waals surface area contributed by atoms with Crippen molar-refractivity contribution < 1.29 is 14.3 Å². The number of aromatic nitrogens is 4. The maximum Gasteiger partial charge on any atom is 0.186 e. The molecule has 3 heterocycles. The zero-order valence-electron chi connectivity index (χ0n) is 15.1. The van der Waals surface area contributed by atoms with E-state index in [0.29, 0.717) is 30.0 Å². The lowest BCUT2D eigenvalue weighted by atomic mass is 10.2. The van der Waals surface area contributed by atoms with Gasteiger partial charge in [0.25, 0.3) is 0 Å². The van der Waals surface area contributed by atoms with E-state index >= 15 is 0 Å². The number of imidazole rings is 1. The fraction of sp³-hybridized carbons (Fsp3) is 0.688. The zero-order valence-corrected chi connectivity index (χ0v) is 16.1. The van der Waals surface area contributed by atoms with Crippen LogP contribution in [0.1, 0.15) is 32.4 Å². The van der Waals surface area contributed by atoms with Crippen LogP contribution >= 0.6 is 0 Å². The summed E-state index contributed by atoms with van der Waals surface area (Å²) in [7, 11) is -1.71. The molecule has 0 radical (unpaired) electrons. The van der Waals surface area contributed by atoms with E-state index < -0.39 is 14.4 Å². The highest BCUT2D eigenvalue weighted by Crippen LogP contribution is 2.32. The quantitative estimate of drug-likeness (QED) is 0.723.